The molecule has 0 radical (unpaired) electrons. The van der Waals surface area contributed by atoms with Crippen molar-refractivity contribution in [2.75, 3.05) is 23.3 Å². The van der Waals surface area contributed by atoms with E-state index in [0.29, 0.717) is 11.6 Å². The Hall–Kier alpha value is -1.77. The molecule has 1 saturated heterocycles. The first kappa shape index (κ1) is 13.2. The molecule has 4 nitrogen and oxygen atoms in total. The van der Waals surface area contributed by atoms with Crippen molar-refractivity contribution in [3.8, 4) is 6.07 Å². The van der Waals surface area contributed by atoms with E-state index in [9.17, 15) is 0 Å². The van der Waals surface area contributed by atoms with Crippen molar-refractivity contribution in [2.45, 2.75) is 12.5 Å². The Labute approximate surface area is 126 Å². The van der Waals surface area contributed by atoms with Gasteiger partial charge >= 0.3 is 0 Å². The number of halogens is 1. The van der Waals surface area contributed by atoms with Crippen LogP contribution in [0.15, 0.2) is 30.3 Å². The van der Waals surface area contributed by atoms with Crippen molar-refractivity contribution in [1.82, 2.24) is 4.37 Å². The molecule has 3 rings (SSSR count). The topological polar surface area (TPSA) is 52.0 Å². The molecule has 102 valence electrons. The van der Waals surface area contributed by atoms with Gasteiger partial charge in [-0.15, -0.1) is 0 Å². The van der Waals surface area contributed by atoms with Crippen molar-refractivity contribution in [2.24, 2.45) is 0 Å². The molecule has 1 N–H and O–H groups in total. The lowest BCUT2D eigenvalue weighted by molar-refractivity contribution is 0.810. The molecule has 0 saturated carbocycles. The molecule has 0 amide bonds. The second kappa shape index (κ2) is 5.70. The van der Waals surface area contributed by atoms with Crippen LogP contribution in [-0.2, 0) is 0 Å². The highest BCUT2D eigenvalue weighted by Gasteiger charge is 2.24. The first-order chi connectivity index (χ1) is 9.78. The summed E-state index contributed by atoms with van der Waals surface area (Å²) in [6.07, 6.45) is 1.04. The molecule has 0 spiro atoms. The van der Waals surface area contributed by atoms with E-state index in [4.69, 9.17) is 16.9 Å². The highest BCUT2D eigenvalue weighted by atomic mass is 35.5. The zero-order valence-electron chi connectivity index (χ0n) is 10.7. The third kappa shape index (κ3) is 2.58. The molecule has 1 aliphatic rings. The summed E-state index contributed by atoms with van der Waals surface area (Å²) in [5.74, 6) is 0. The summed E-state index contributed by atoms with van der Waals surface area (Å²) in [6, 6.07) is 12.8. The van der Waals surface area contributed by atoms with Gasteiger partial charge < -0.3 is 10.2 Å². The van der Waals surface area contributed by atoms with Crippen LogP contribution in [0.4, 0.5) is 10.7 Å². The SMILES string of the molecule is N#Cc1c(Cl)nsc1NC1CCN(c2ccccc2)C1. The minimum Gasteiger partial charge on any atom is -0.370 e. The predicted molar refractivity (Wildman–Crippen MR) is 82.5 cm³/mol. The lowest BCUT2D eigenvalue weighted by atomic mass is 10.2. The van der Waals surface area contributed by atoms with Gasteiger partial charge in [0, 0.05) is 24.8 Å². The summed E-state index contributed by atoms with van der Waals surface area (Å²) in [5, 5.41) is 13.5. The van der Waals surface area contributed by atoms with Crippen LogP contribution in [0.5, 0.6) is 0 Å². The zero-order valence-corrected chi connectivity index (χ0v) is 12.3. The number of anilines is 2. The van der Waals surface area contributed by atoms with Crippen LogP contribution >= 0.6 is 23.1 Å². The fraction of sp³-hybridized carbons (Fsp3) is 0.286. The second-order valence-electron chi connectivity index (χ2n) is 4.70. The molecule has 2 heterocycles. The number of aromatic nitrogens is 1. The van der Waals surface area contributed by atoms with Crippen molar-refractivity contribution >= 4 is 33.8 Å². The highest BCUT2D eigenvalue weighted by Crippen LogP contribution is 2.30. The van der Waals surface area contributed by atoms with E-state index in [2.05, 4.69) is 32.8 Å². The Morgan fingerprint density at radius 1 is 1.40 bits per heavy atom. The average molecular weight is 305 g/mol. The molecule has 0 bridgehead atoms. The van der Waals surface area contributed by atoms with Crippen molar-refractivity contribution < 1.29 is 0 Å². The van der Waals surface area contributed by atoms with Crippen molar-refractivity contribution in [3.63, 3.8) is 0 Å². The number of nitriles is 1. The average Bonchev–Trinajstić information content (AvgIpc) is 3.08. The van der Waals surface area contributed by atoms with Gasteiger partial charge in [-0.1, -0.05) is 29.8 Å². The zero-order chi connectivity index (χ0) is 13.9. The quantitative estimate of drug-likeness (QED) is 0.944. The van der Waals surface area contributed by atoms with Crippen LogP contribution in [0.2, 0.25) is 5.15 Å². The monoisotopic (exact) mass is 304 g/mol. The van der Waals surface area contributed by atoms with E-state index in [1.807, 2.05) is 18.2 Å². The minimum atomic E-state index is 0.290. The summed E-state index contributed by atoms with van der Waals surface area (Å²) >= 11 is 7.13. The minimum absolute atomic E-state index is 0.290. The Bertz CT molecular complexity index is 634. The van der Waals surface area contributed by atoms with Crippen LogP contribution in [0.25, 0.3) is 0 Å². The second-order valence-corrected chi connectivity index (χ2v) is 5.83. The standard InChI is InChI=1S/C14H13ClN4S/c15-13-12(8-16)14(20-18-13)17-10-6-7-19(9-10)11-4-2-1-3-5-11/h1-5,10,17H,6-7,9H2. The predicted octanol–water partition coefficient (Wildman–Crippen LogP) is 3.36. The Morgan fingerprint density at radius 3 is 2.95 bits per heavy atom. The van der Waals surface area contributed by atoms with E-state index in [0.717, 1.165) is 24.5 Å². The van der Waals surface area contributed by atoms with Gasteiger partial charge in [0.25, 0.3) is 0 Å². The van der Waals surface area contributed by atoms with Crippen LogP contribution in [0, 0.1) is 11.3 Å². The van der Waals surface area contributed by atoms with Crippen LogP contribution < -0.4 is 10.2 Å². The highest BCUT2D eigenvalue weighted by molar-refractivity contribution is 7.10. The maximum Gasteiger partial charge on any atom is 0.162 e. The van der Waals surface area contributed by atoms with Gasteiger partial charge in [0.05, 0.1) is 0 Å². The summed E-state index contributed by atoms with van der Waals surface area (Å²) in [4.78, 5) is 2.34. The first-order valence-corrected chi connectivity index (χ1v) is 7.55. The molecule has 1 aromatic carbocycles. The molecule has 1 aliphatic heterocycles. The fourth-order valence-electron chi connectivity index (χ4n) is 2.40. The number of hydrogen-bond acceptors (Lipinski definition) is 5. The summed E-state index contributed by atoms with van der Waals surface area (Å²) in [6.45, 7) is 1.93. The number of para-hydroxylation sites is 1. The molecule has 0 aliphatic carbocycles. The maximum atomic E-state index is 9.07. The van der Waals surface area contributed by atoms with Gasteiger partial charge in [-0.3, -0.25) is 0 Å². The van der Waals surface area contributed by atoms with Crippen molar-refractivity contribution in [1.29, 1.82) is 5.26 Å². The van der Waals surface area contributed by atoms with E-state index >= 15 is 0 Å². The maximum absolute atomic E-state index is 9.07. The van der Waals surface area contributed by atoms with Gasteiger partial charge in [-0.05, 0) is 30.1 Å². The van der Waals surface area contributed by atoms with E-state index in [-0.39, 0.29) is 5.15 Å². The number of nitrogens with zero attached hydrogens (tertiary/aromatic N) is 3. The smallest absolute Gasteiger partial charge is 0.162 e. The molecule has 6 heteroatoms. The van der Waals surface area contributed by atoms with Crippen LogP contribution in [0.3, 0.4) is 0 Å². The fourth-order valence-corrected chi connectivity index (χ4v) is 3.41. The summed E-state index contributed by atoms with van der Waals surface area (Å²) < 4.78 is 4.02. The van der Waals surface area contributed by atoms with E-state index in [1.54, 1.807) is 0 Å². The number of nitrogens with one attached hydrogen (secondary N) is 1. The van der Waals surface area contributed by atoms with Crippen molar-refractivity contribution in [3.05, 3.63) is 41.0 Å². The van der Waals surface area contributed by atoms with Crippen LogP contribution in [-0.4, -0.2) is 23.5 Å². The number of hydrogen-bond donors (Lipinski definition) is 1. The van der Waals surface area contributed by atoms with Gasteiger partial charge in [-0.2, -0.15) is 9.64 Å². The molecule has 1 unspecified atom stereocenters. The lowest BCUT2D eigenvalue weighted by Crippen LogP contribution is -2.25. The Morgan fingerprint density at radius 2 is 2.20 bits per heavy atom. The Kier molecular flexibility index (Phi) is 3.77. The third-order valence-electron chi connectivity index (χ3n) is 3.41. The lowest BCUT2D eigenvalue weighted by Gasteiger charge is -2.18. The van der Waals surface area contributed by atoms with Gasteiger partial charge in [0.1, 0.15) is 16.6 Å². The van der Waals surface area contributed by atoms with E-state index < -0.39 is 0 Å². The van der Waals surface area contributed by atoms with Gasteiger partial charge in [0.15, 0.2) is 5.15 Å². The first-order valence-electron chi connectivity index (χ1n) is 6.39. The largest absolute Gasteiger partial charge is 0.370 e. The third-order valence-corrected chi connectivity index (χ3v) is 4.56. The molecular weight excluding hydrogens is 292 g/mol. The van der Waals surface area contributed by atoms with Gasteiger partial charge in [-0.25, -0.2) is 0 Å². The molecule has 1 aromatic heterocycles. The van der Waals surface area contributed by atoms with E-state index in [1.165, 1.54) is 17.2 Å². The van der Waals surface area contributed by atoms with Crippen LogP contribution in [0.1, 0.15) is 12.0 Å². The molecule has 1 fully saturated rings. The summed E-state index contributed by atoms with van der Waals surface area (Å²) in [7, 11) is 0. The molecule has 2 aromatic rings. The molecular formula is C14H13ClN4S. The number of rotatable bonds is 3. The number of benzene rings is 1. The Balaban J connectivity index is 1.68. The normalized spacial score (nSPS) is 18.0. The summed E-state index contributed by atoms with van der Waals surface area (Å²) in [5.41, 5.74) is 1.69. The molecule has 20 heavy (non-hydrogen) atoms. The molecule has 1 atom stereocenters. The van der Waals surface area contributed by atoms with Gasteiger partial charge in [0.2, 0.25) is 0 Å².